The highest BCUT2D eigenvalue weighted by Crippen LogP contribution is 2.34. The van der Waals surface area contributed by atoms with E-state index in [2.05, 4.69) is 10.6 Å². The molecular formula is C37H52N4O8. The number of hydrogen-bond acceptors (Lipinski definition) is 8. The Bertz CT molecular complexity index is 1450. The molecule has 1 fully saturated rings. The standard InChI is InChI=1S/C37H52N4O8/c1-24-20-41(25(2)22-42)36(44)30-18-28(38-35(43)27-11-6-5-7-12-27)13-15-31(30)49-26(3)10-8-9-17-46-34(24)21-40(4)37(45)39-29-14-16-32-33(19-29)48-23-47-32/h13-16,18-19,24-27,34,42H,5-12,17,20-23H2,1-4H3,(H,38,43)(H,39,45)/t24-,25-,26-,34+/m0/s1. The molecule has 268 valence electrons. The van der Waals surface area contributed by atoms with E-state index in [1.807, 2.05) is 13.8 Å². The molecule has 0 bridgehead atoms. The maximum atomic E-state index is 14.4. The average molecular weight is 681 g/mol. The van der Waals surface area contributed by atoms with Crippen molar-refractivity contribution in [3.8, 4) is 17.2 Å². The normalized spacial score (nSPS) is 22.7. The van der Waals surface area contributed by atoms with E-state index in [1.165, 1.54) is 0 Å². The Morgan fingerprint density at radius 1 is 0.939 bits per heavy atom. The number of aliphatic hydroxyl groups is 1. The fourth-order valence-corrected chi connectivity index (χ4v) is 6.62. The first-order valence-corrected chi connectivity index (χ1v) is 17.7. The Morgan fingerprint density at radius 3 is 2.39 bits per heavy atom. The number of hydrogen-bond donors (Lipinski definition) is 3. The van der Waals surface area contributed by atoms with E-state index >= 15 is 0 Å². The molecule has 5 rings (SSSR count). The number of aliphatic hydroxyl groups excluding tert-OH is 1. The largest absolute Gasteiger partial charge is 0.490 e. The van der Waals surface area contributed by atoms with Crippen LogP contribution in [0.3, 0.4) is 0 Å². The van der Waals surface area contributed by atoms with Crippen LogP contribution in [0.2, 0.25) is 0 Å². The predicted molar refractivity (Wildman–Crippen MR) is 186 cm³/mol. The molecule has 12 heteroatoms. The van der Waals surface area contributed by atoms with Gasteiger partial charge in [-0.3, -0.25) is 9.59 Å². The molecule has 49 heavy (non-hydrogen) atoms. The van der Waals surface area contributed by atoms with Gasteiger partial charge < -0.3 is 44.5 Å². The smallest absolute Gasteiger partial charge is 0.321 e. The van der Waals surface area contributed by atoms with E-state index in [-0.39, 0.29) is 62.3 Å². The van der Waals surface area contributed by atoms with Crippen molar-refractivity contribution >= 4 is 29.2 Å². The van der Waals surface area contributed by atoms with E-state index in [0.717, 1.165) is 51.4 Å². The molecule has 1 saturated carbocycles. The lowest BCUT2D eigenvalue weighted by atomic mass is 9.88. The third-order valence-electron chi connectivity index (χ3n) is 9.72. The SMILES string of the molecule is C[C@H]1CCCCO[C@H](CN(C)C(=O)Nc2ccc3c(c2)OCO3)[C@@H](C)CN([C@@H](C)CO)C(=O)c2cc(NC(=O)C3CCCCC3)ccc2O1. The molecule has 0 saturated heterocycles. The number of urea groups is 1. The van der Waals surface area contributed by atoms with Gasteiger partial charge in [-0.1, -0.05) is 26.2 Å². The van der Waals surface area contributed by atoms with Gasteiger partial charge in [0.2, 0.25) is 12.7 Å². The molecule has 0 aromatic heterocycles. The summed E-state index contributed by atoms with van der Waals surface area (Å²) < 4.78 is 23.5. The number of ether oxygens (including phenoxy) is 4. The van der Waals surface area contributed by atoms with Crippen molar-refractivity contribution in [1.29, 1.82) is 0 Å². The zero-order valence-electron chi connectivity index (χ0n) is 29.2. The highest BCUT2D eigenvalue weighted by molar-refractivity contribution is 6.00. The van der Waals surface area contributed by atoms with Gasteiger partial charge in [-0.05, 0) is 76.3 Å². The molecule has 2 aliphatic heterocycles. The second kappa shape index (κ2) is 17.1. The van der Waals surface area contributed by atoms with Crippen LogP contribution in [0.25, 0.3) is 0 Å². The summed E-state index contributed by atoms with van der Waals surface area (Å²) in [5.41, 5.74) is 1.45. The van der Waals surface area contributed by atoms with Gasteiger partial charge in [0.1, 0.15) is 5.75 Å². The lowest BCUT2D eigenvalue weighted by Gasteiger charge is -2.35. The number of amides is 4. The van der Waals surface area contributed by atoms with Crippen molar-refractivity contribution in [3.05, 3.63) is 42.0 Å². The van der Waals surface area contributed by atoms with E-state index < -0.39 is 12.1 Å². The first-order valence-electron chi connectivity index (χ1n) is 17.7. The van der Waals surface area contributed by atoms with Gasteiger partial charge in [0.05, 0.1) is 30.4 Å². The quantitative estimate of drug-likeness (QED) is 0.329. The van der Waals surface area contributed by atoms with Crippen LogP contribution in [0.5, 0.6) is 17.2 Å². The maximum absolute atomic E-state index is 14.4. The van der Waals surface area contributed by atoms with Crippen LogP contribution in [0, 0.1) is 11.8 Å². The lowest BCUT2D eigenvalue weighted by molar-refractivity contribution is -0.120. The van der Waals surface area contributed by atoms with Gasteiger partial charge in [0.25, 0.3) is 5.91 Å². The van der Waals surface area contributed by atoms with Gasteiger partial charge in [-0.2, -0.15) is 0 Å². The van der Waals surface area contributed by atoms with Gasteiger partial charge in [0.15, 0.2) is 11.5 Å². The van der Waals surface area contributed by atoms with E-state index in [9.17, 15) is 19.5 Å². The van der Waals surface area contributed by atoms with Gasteiger partial charge in [-0.25, -0.2) is 4.79 Å². The molecule has 1 aliphatic carbocycles. The van der Waals surface area contributed by atoms with Crippen LogP contribution in [0.15, 0.2) is 36.4 Å². The molecule has 2 heterocycles. The van der Waals surface area contributed by atoms with E-state index in [1.54, 1.807) is 60.2 Å². The summed E-state index contributed by atoms with van der Waals surface area (Å²) in [7, 11) is 1.71. The average Bonchev–Trinajstić information content (AvgIpc) is 3.58. The van der Waals surface area contributed by atoms with Crippen molar-refractivity contribution < 1.29 is 38.4 Å². The molecule has 12 nitrogen and oxygen atoms in total. The predicted octanol–water partition coefficient (Wildman–Crippen LogP) is 5.89. The molecule has 3 aliphatic rings. The Labute approximate surface area is 289 Å². The summed E-state index contributed by atoms with van der Waals surface area (Å²) in [6, 6.07) is 9.66. The third-order valence-corrected chi connectivity index (χ3v) is 9.72. The number of anilines is 2. The van der Waals surface area contributed by atoms with Gasteiger partial charge in [0, 0.05) is 56.0 Å². The minimum absolute atomic E-state index is 0.0249. The maximum Gasteiger partial charge on any atom is 0.321 e. The number of benzene rings is 2. The molecule has 4 atom stereocenters. The Morgan fingerprint density at radius 2 is 1.63 bits per heavy atom. The highest BCUT2D eigenvalue weighted by atomic mass is 16.7. The minimum Gasteiger partial charge on any atom is -0.490 e. The third kappa shape index (κ3) is 9.57. The second-order valence-corrected chi connectivity index (χ2v) is 13.7. The van der Waals surface area contributed by atoms with Crippen LogP contribution in [0.4, 0.5) is 16.2 Å². The second-order valence-electron chi connectivity index (χ2n) is 13.7. The highest BCUT2D eigenvalue weighted by Gasteiger charge is 2.31. The minimum atomic E-state index is -0.513. The molecular weight excluding hydrogens is 628 g/mol. The summed E-state index contributed by atoms with van der Waals surface area (Å²) in [6.45, 7) is 6.70. The first-order chi connectivity index (χ1) is 23.6. The number of carbonyl (C=O) groups is 3. The lowest BCUT2D eigenvalue weighted by Crippen LogP contribution is -2.48. The fourth-order valence-electron chi connectivity index (χ4n) is 6.62. The van der Waals surface area contributed by atoms with Crippen LogP contribution in [-0.2, 0) is 9.53 Å². The van der Waals surface area contributed by atoms with Crippen LogP contribution >= 0.6 is 0 Å². The van der Waals surface area contributed by atoms with Crippen LogP contribution in [0.1, 0.15) is 82.5 Å². The molecule has 0 spiro atoms. The van der Waals surface area contributed by atoms with Crippen molar-refractivity contribution in [1.82, 2.24) is 9.80 Å². The van der Waals surface area contributed by atoms with Crippen LogP contribution < -0.4 is 24.8 Å². The van der Waals surface area contributed by atoms with Crippen molar-refractivity contribution in [2.45, 2.75) is 90.4 Å². The number of rotatable bonds is 7. The number of carbonyl (C=O) groups excluding carboxylic acids is 3. The van der Waals surface area contributed by atoms with E-state index in [4.69, 9.17) is 18.9 Å². The Hall–Kier alpha value is -4.03. The van der Waals surface area contributed by atoms with Crippen molar-refractivity contribution in [3.63, 3.8) is 0 Å². The topological polar surface area (TPSA) is 139 Å². The number of likely N-dealkylation sites (N-methyl/N-ethyl adjacent to an activating group) is 1. The molecule has 4 amide bonds. The number of nitrogens with zero attached hydrogens (tertiary/aromatic N) is 2. The zero-order chi connectivity index (χ0) is 34.9. The Kier molecular flexibility index (Phi) is 12.6. The van der Waals surface area contributed by atoms with E-state index in [0.29, 0.717) is 40.8 Å². The van der Waals surface area contributed by atoms with Crippen molar-refractivity contribution in [2.75, 3.05) is 50.8 Å². The summed E-state index contributed by atoms with van der Waals surface area (Å²) in [5.74, 6) is 1.08. The van der Waals surface area contributed by atoms with Gasteiger partial charge >= 0.3 is 6.03 Å². The first kappa shape index (κ1) is 36.3. The fraction of sp³-hybridized carbons (Fsp3) is 0.595. The van der Waals surface area contributed by atoms with Crippen molar-refractivity contribution in [2.24, 2.45) is 11.8 Å². The zero-order valence-corrected chi connectivity index (χ0v) is 29.2. The number of fused-ring (bicyclic) bond motifs is 2. The monoisotopic (exact) mass is 680 g/mol. The molecule has 2 aromatic rings. The number of nitrogens with one attached hydrogen (secondary N) is 2. The molecule has 2 aromatic carbocycles. The summed E-state index contributed by atoms with van der Waals surface area (Å²) in [6.07, 6.45) is 6.84. The Balaban J connectivity index is 1.35. The van der Waals surface area contributed by atoms with Gasteiger partial charge in [-0.15, -0.1) is 0 Å². The summed E-state index contributed by atoms with van der Waals surface area (Å²) in [5, 5.41) is 16.2. The summed E-state index contributed by atoms with van der Waals surface area (Å²) >= 11 is 0. The summed E-state index contributed by atoms with van der Waals surface area (Å²) in [4.78, 5) is 44.0. The molecule has 0 unspecified atom stereocenters. The molecule has 3 N–H and O–H groups in total. The molecule has 0 radical (unpaired) electrons. The van der Waals surface area contributed by atoms with Crippen LogP contribution in [-0.4, -0.2) is 91.1 Å².